The first-order chi connectivity index (χ1) is 9.22. The third kappa shape index (κ3) is 2.23. The van der Waals surface area contributed by atoms with Gasteiger partial charge in [-0.1, -0.05) is 30.3 Å². The predicted octanol–water partition coefficient (Wildman–Crippen LogP) is 3.42. The second kappa shape index (κ2) is 5.09. The standard InChI is InChI=1S/C17H24NO/c1-18-13-6-5-10-15(18)11-7-12-16(18)17(19)14-8-3-2-4-9-14/h2-4,8-9,15-16H,5-7,10-13H2,1H3/q+1. The van der Waals surface area contributed by atoms with E-state index in [1.807, 2.05) is 30.3 Å². The van der Waals surface area contributed by atoms with Crippen LogP contribution in [0, 0.1) is 0 Å². The van der Waals surface area contributed by atoms with E-state index in [1.54, 1.807) is 0 Å². The maximum Gasteiger partial charge on any atom is 0.219 e. The van der Waals surface area contributed by atoms with Crippen LogP contribution in [-0.4, -0.2) is 35.9 Å². The van der Waals surface area contributed by atoms with Gasteiger partial charge < -0.3 is 4.48 Å². The molecule has 2 saturated heterocycles. The molecular weight excluding hydrogens is 234 g/mol. The molecule has 1 aromatic rings. The molecule has 3 atom stereocenters. The molecule has 0 radical (unpaired) electrons. The largest absolute Gasteiger partial charge is 0.315 e. The second-order valence-corrected chi connectivity index (χ2v) is 6.40. The summed E-state index contributed by atoms with van der Waals surface area (Å²) in [5, 5.41) is 0. The normalized spacial score (nSPS) is 34.6. The summed E-state index contributed by atoms with van der Waals surface area (Å²) in [6.07, 6.45) is 7.56. The molecule has 2 heterocycles. The van der Waals surface area contributed by atoms with Crippen molar-refractivity contribution >= 4 is 5.78 Å². The molecule has 2 fully saturated rings. The highest BCUT2D eigenvalue weighted by Gasteiger charge is 2.47. The molecule has 2 heteroatoms. The maximum atomic E-state index is 12.8. The number of likely N-dealkylation sites (N-methyl/N-ethyl adjacent to an activating group) is 1. The molecule has 0 N–H and O–H groups in total. The highest BCUT2D eigenvalue weighted by molar-refractivity contribution is 5.99. The molecule has 0 aliphatic carbocycles. The Bertz CT molecular complexity index is 454. The minimum Gasteiger partial charge on any atom is -0.315 e. The molecule has 102 valence electrons. The van der Waals surface area contributed by atoms with E-state index in [2.05, 4.69) is 7.05 Å². The van der Waals surface area contributed by atoms with Gasteiger partial charge in [0, 0.05) is 12.0 Å². The number of benzene rings is 1. The Morgan fingerprint density at radius 2 is 1.79 bits per heavy atom. The topological polar surface area (TPSA) is 17.1 Å². The van der Waals surface area contributed by atoms with Gasteiger partial charge >= 0.3 is 0 Å². The molecule has 0 amide bonds. The highest BCUT2D eigenvalue weighted by atomic mass is 16.1. The number of ketones is 1. The Morgan fingerprint density at radius 3 is 2.58 bits per heavy atom. The van der Waals surface area contributed by atoms with Crippen LogP contribution in [-0.2, 0) is 0 Å². The molecule has 3 rings (SSSR count). The summed E-state index contributed by atoms with van der Waals surface area (Å²) in [7, 11) is 2.33. The fourth-order valence-corrected chi connectivity index (χ4v) is 4.20. The van der Waals surface area contributed by atoms with Crippen LogP contribution in [0.5, 0.6) is 0 Å². The van der Waals surface area contributed by atoms with E-state index in [0.717, 1.165) is 22.5 Å². The Morgan fingerprint density at radius 1 is 1.05 bits per heavy atom. The van der Waals surface area contributed by atoms with Gasteiger partial charge in [0.1, 0.15) is 0 Å². The second-order valence-electron chi connectivity index (χ2n) is 6.40. The molecule has 2 aliphatic heterocycles. The number of quaternary nitrogens is 1. The number of piperidine rings is 2. The average Bonchev–Trinajstić information content (AvgIpc) is 2.46. The smallest absolute Gasteiger partial charge is 0.219 e. The van der Waals surface area contributed by atoms with Gasteiger partial charge in [0.2, 0.25) is 5.78 Å². The van der Waals surface area contributed by atoms with Crippen molar-refractivity contribution in [3.05, 3.63) is 35.9 Å². The van der Waals surface area contributed by atoms with Gasteiger partial charge in [-0.25, -0.2) is 0 Å². The lowest BCUT2D eigenvalue weighted by Gasteiger charge is -2.52. The number of rotatable bonds is 2. The Kier molecular flexibility index (Phi) is 3.44. The van der Waals surface area contributed by atoms with Crippen molar-refractivity contribution < 1.29 is 9.28 Å². The molecule has 0 spiro atoms. The SMILES string of the molecule is C[N+]12CCCCC1CCCC2C(=O)c1ccccc1. The van der Waals surface area contributed by atoms with E-state index in [1.165, 1.54) is 38.6 Å². The number of hydrogen-bond acceptors (Lipinski definition) is 1. The fraction of sp³-hybridized carbons (Fsp3) is 0.588. The summed E-state index contributed by atoms with van der Waals surface area (Å²) in [5.41, 5.74) is 0.901. The van der Waals surface area contributed by atoms with Crippen molar-refractivity contribution in [3.63, 3.8) is 0 Å². The molecule has 0 saturated carbocycles. The van der Waals surface area contributed by atoms with Crippen LogP contribution in [0.4, 0.5) is 0 Å². The highest BCUT2D eigenvalue weighted by Crippen LogP contribution is 2.37. The van der Waals surface area contributed by atoms with Crippen LogP contribution >= 0.6 is 0 Å². The summed E-state index contributed by atoms with van der Waals surface area (Å²) in [5.74, 6) is 0.370. The van der Waals surface area contributed by atoms with Crippen LogP contribution in [0.25, 0.3) is 0 Å². The first-order valence-corrected chi connectivity index (χ1v) is 7.66. The monoisotopic (exact) mass is 258 g/mol. The molecule has 0 bridgehead atoms. The van der Waals surface area contributed by atoms with Crippen LogP contribution in [0.1, 0.15) is 48.9 Å². The molecule has 1 aromatic carbocycles. The third-order valence-electron chi connectivity index (χ3n) is 5.35. The first-order valence-electron chi connectivity index (χ1n) is 7.66. The fourth-order valence-electron chi connectivity index (χ4n) is 4.20. The van der Waals surface area contributed by atoms with Crippen molar-refractivity contribution in [1.29, 1.82) is 0 Å². The van der Waals surface area contributed by atoms with Gasteiger partial charge in [-0.3, -0.25) is 4.79 Å². The number of carbonyl (C=O) groups is 1. The molecule has 2 nitrogen and oxygen atoms in total. The predicted molar refractivity (Wildman–Crippen MR) is 77.1 cm³/mol. The number of nitrogens with zero attached hydrogens (tertiary/aromatic N) is 1. The number of hydrogen-bond donors (Lipinski definition) is 0. The number of fused-ring (bicyclic) bond motifs is 1. The van der Waals surface area contributed by atoms with Crippen molar-refractivity contribution in [1.82, 2.24) is 0 Å². The number of carbonyl (C=O) groups excluding carboxylic acids is 1. The summed E-state index contributed by atoms with van der Waals surface area (Å²) in [4.78, 5) is 12.8. The van der Waals surface area contributed by atoms with E-state index < -0.39 is 0 Å². The summed E-state index contributed by atoms with van der Waals surface area (Å²) < 4.78 is 1.01. The molecule has 3 unspecified atom stereocenters. The minimum absolute atomic E-state index is 0.196. The third-order valence-corrected chi connectivity index (χ3v) is 5.35. The van der Waals surface area contributed by atoms with E-state index in [4.69, 9.17) is 0 Å². The Labute approximate surface area is 116 Å². The van der Waals surface area contributed by atoms with Gasteiger partial charge in [0.25, 0.3) is 0 Å². The number of Topliss-reactive ketones (excluding diaryl/α,β-unsaturated/α-hetero) is 1. The quantitative estimate of drug-likeness (QED) is 0.587. The average molecular weight is 258 g/mol. The van der Waals surface area contributed by atoms with Crippen molar-refractivity contribution in [3.8, 4) is 0 Å². The summed E-state index contributed by atoms with van der Waals surface area (Å²) >= 11 is 0. The van der Waals surface area contributed by atoms with Gasteiger partial charge in [-0.05, 0) is 32.1 Å². The van der Waals surface area contributed by atoms with Crippen LogP contribution in [0.3, 0.4) is 0 Å². The van der Waals surface area contributed by atoms with Crippen LogP contribution in [0.15, 0.2) is 30.3 Å². The lowest BCUT2D eigenvalue weighted by Crippen LogP contribution is -2.65. The van der Waals surface area contributed by atoms with E-state index in [0.29, 0.717) is 5.78 Å². The van der Waals surface area contributed by atoms with Gasteiger partial charge in [-0.15, -0.1) is 0 Å². The van der Waals surface area contributed by atoms with Crippen LogP contribution in [0.2, 0.25) is 0 Å². The summed E-state index contributed by atoms with van der Waals surface area (Å²) in [6.45, 7) is 1.19. The molecular formula is C17H24NO+. The Balaban J connectivity index is 1.88. The lowest BCUT2D eigenvalue weighted by atomic mass is 9.83. The van der Waals surface area contributed by atoms with Crippen molar-refractivity contribution in [2.24, 2.45) is 0 Å². The zero-order valence-corrected chi connectivity index (χ0v) is 11.8. The van der Waals surface area contributed by atoms with Crippen molar-refractivity contribution in [2.75, 3.05) is 13.6 Å². The minimum atomic E-state index is 0.196. The van der Waals surface area contributed by atoms with Gasteiger partial charge in [0.05, 0.1) is 19.6 Å². The van der Waals surface area contributed by atoms with Crippen molar-refractivity contribution in [2.45, 2.75) is 50.6 Å². The Hall–Kier alpha value is -1.15. The first kappa shape index (κ1) is 12.9. The van der Waals surface area contributed by atoms with E-state index >= 15 is 0 Å². The lowest BCUT2D eigenvalue weighted by molar-refractivity contribution is -0.956. The maximum absolute atomic E-state index is 12.8. The molecule has 0 aromatic heterocycles. The van der Waals surface area contributed by atoms with E-state index in [-0.39, 0.29) is 6.04 Å². The molecule has 19 heavy (non-hydrogen) atoms. The van der Waals surface area contributed by atoms with Crippen LogP contribution < -0.4 is 0 Å². The molecule has 2 aliphatic rings. The van der Waals surface area contributed by atoms with Gasteiger partial charge in [0.15, 0.2) is 6.04 Å². The van der Waals surface area contributed by atoms with Gasteiger partial charge in [-0.2, -0.15) is 0 Å². The zero-order valence-electron chi connectivity index (χ0n) is 11.8. The zero-order chi connectivity index (χ0) is 13.3. The van der Waals surface area contributed by atoms with E-state index in [9.17, 15) is 4.79 Å². The summed E-state index contributed by atoms with van der Waals surface area (Å²) in [6, 6.07) is 10.8.